The van der Waals surface area contributed by atoms with Gasteiger partial charge in [0, 0.05) is 65.0 Å². The molecule has 34 heavy (non-hydrogen) atoms. The van der Waals surface area contributed by atoms with Crippen molar-refractivity contribution in [1.82, 2.24) is 24.3 Å². The Morgan fingerprint density at radius 3 is 2.62 bits per heavy atom. The highest BCUT2D eigenvalue weighted by Crippen LogP contribution is 2.20. The maximum Gasteiger partial charge on any atom is 0.261 e. The van der Waals surface area contributed by atoms with Crippen LogP contribution in [0.2, 0.25) is 0 Å². The molecule has 0 spiro atoms. The Hall–Kier alpha value is -3.26. The van der Waals surface area contributed by atoms with Crippen molar-refractivity contribution in [3.05, 3.63) is 65.3 Å². The van der Waals surface area contributed by atoms with Crippen LogP contribution in [0.4, 0.5) is 5.82 Å². The van der Waals surface area contributed by atoms with Crippen LogP contribution in [-0.4, -0.2) is 76.1 Å². The molecule has 5 rings (SSSR count). The Bertz CT molecular complexity index is 1170. The quantitative estimate of drug-likeness (QED) is 0.562. The van der Waals surface area contributed by atoms with Crippen LogP contribution in [0, 0.1) is 5.92 Å². The number of para-hydroxylation sites is 1. The second-order valence-electron chi connectivity index (χ2n) is 9.33. The Morgan fingerprint density at radius 1 is 0.971 bits per heavy atom. The van der Waals surface area contributed by atoms with E-state index in [0.717, 1.165) is 64.5 Å². The topological polar surface area (TPSA) is 74.6 Å². The minimum absolute atomic E-state index is 0.0836. The molecule has 0 bridgehead atoms. The minimum Gasteiger partial charge on any atom is -0.354 e. The van der Waals surface area contributed by atoms with E-state index in [0.29, 0.717) is 29.8 Å². The molecular formula is C26H32N6O2. The van der Waals surface area contributed by atoms with E-state index >= 15 is 0 Å². The number of aromatic nitrogens is 3. The third-order valence-corrected chi connectivity index (χ3v) is 7.03. The van der Waals surface area contributed by atoms with Crippen LogP contribution in [-0.2, 0) is 11.3 Å². The molecule has 8 heteroatoms. The molecule has 2 aromatic heterocycles. The van der Waals surface area contributed by atoms with Crippen LogP contribution >= 0.6 is 0 Å². The fraction of sp³-hybridized carbons (Fsp3) is 0.462. The van der Waals surface area contributed by atoms with Crippen molar-refractivity contribution in [3.63, 3.8) is 0 Å². The summed E-state index contributed by atoms with van der Waals surface area (Å²) in [6.45, 7) is 7.05. The summed E-state index contributed by atoms with van der Waals surface area (Å²) in [7, 11) is 0. The number of piperazine rings is 1. The molecule has 1 aromatic carbocycles. The van der Waals surface area contributed by atoms with Crippen molar-refractivity contribution in [2.24, 2.45) is 5.92 Å². The van der Waals surface area contributed by atoms with Crippen LogP contribution in [0.1, 0.15) is 19.3 Å². The van der Waals surface area contributed by atoms with Crippen LogP contribution in [0.15, 0.2) is 59.8 Å². The summed E-state index contributed by atoms with van der Waals surface area (Å²) in [5, 5.41) is 0.596. The third kappa shape index (κ3) is 5.12. The molecule has 1 amide bonds. The van der Waals surface area contributed by atoms with Gasteiger partial charge in [0.2, 0.25) is 5.91 Å². The Kier molecular flexibility index (Phi) is 6.85. The van der Waals surface area contributed by atoms with E-state index in [1.54, 1.807) is 17.0 Å². The van der Waals surface area contributed by atoms with E-state index in [4.69, 9.17) is 0 Å². The van der Waals surface area contributed by atoms with Crippen molar-refractivity contribution in [2.75, 3.05) is 50.7 Å². The number of pyridine rings is 1. The van der Waals surface area contributed by atoms with Gasteiger partial charge in [-0.05, 0) is 43.0 Å². The average Bonchev–Trinajstić information content (AvgIpc) is 2.89. The zero-order chi connectivity index (χ0) is 23.3. The summed E-state index contributed by atoms with van der Waals surface area (Å²) in [5.74, 6) is 1.69. The molecule has 2 aliphatic heterocycles. The number of nitrogens with zero attached hydrogens (tertiary/aromatic N) is 6. The number of benzene rings is 1. The first-order valence-electron chi connectivity index (χ1n) is 12.3. The molecular weight excluding hydrogens is 428 g/mol. The van der Waals surface area contributed by atoms with Gasteiger partial charge in [-0.15, -0.1) is 0 Å². The number of fused-ring (bicyclic) bond motifs is 1. The SMILES string of the molecule is O=C(CCn1cnc2ccccc2c1=O)N1CCCC(CN2CCN(c3ccccn3)CC2)C1. The summed E-state index contributed by atoms with van der Waals surface area (Å²) in [6.07, 6.45) is 5.94. The lowest BCUT2D eigenvalue weighted by molar-refractivity contribution is -0.133. The van der Waals surface area contributed by atoms with Crippen LogP contribution < -0.4 is 10.5 Å². The monoisotopic (exact) mass is 460 g/mol. The standard InChI is InChI=1S/C26H32N6O2/c33-25(10-13-32-20-28-23-8-2-1-7-22(23)26(32)34)31-12-5-6-21(19-31)18-29-14-16-30(17-15-29)24-9-3-4-11-27-24/h1-4,7-9,11,20-21H,5-6,10,12-19H2. The van der Waals surface area contributed by atoms with Crippen LogP contribution in [0.3, 0.4) is 0 Å². The van der Waals surface area contributed by atoms with Gasteiger partial charge in [0.1, 0.15) is 5.82 Å². The smallest absolute Gasteiger partial charge is 0.261 e. The maximum atomic E-state index is 12.9. The number of piperidine rings is 1. The van der Waals surface area contributed by atoms with Gasteiger partial charge in [0.25, 0.3) is 5.56 Å². The van der Waals surface area contributed by atoms with Crippen LogP contribution in [0.25, 0.3) is 10.9 Å². The number of aryl methyl sites for hydroxylation is 1. The average molecular weight is 461 g/mol. The number of rotatable bonds is 6. The van der Waals surface area contributed by atoms with Crippen molar-refractivity contribution in [1.29, 1.82) is 0 Å². The zero-order valence-electron chi connectivity index (χ0n) is 19.6. The highest BCUT2D eigenvalue weighted by atomic mass is 16.2. The lowest BCUT2D eigenvalue weighted by Gasteiger charge is -2.39. The summed E-state index contributed by atoms with van der Waals surface area (Å²) in [6, 6.07) is 13.4. The predicted molar refractivity (Wildman–Crippen MR) is 133 cm³/mol. The first-order chi connectivity index (χ1) is 16.7. The summed E-state index contributed by atoms with van der Waals surface area (Å²) in [4.78, 5) is 41.3. The molecule has 0 N–H and O–H groups in total. The van der Waals surface area contributed by atoms with Gasteiger partial charge in [-0.1, -0.05) is 18.2 Å². The van der Waals surface area contributed by atoms with Crippen LogP contribution in [0.5, 0.6) is 0 Å². The zero-order valence-corrected chi connectivity index (χ0v) is 19.6. The molecule has 0 aliphatic carbocycles. The third-order valence-electron chi connectivity index (χ3n) is 7.03. The predicted octanol–water partition coefficient (Wildman–Crippen LogP) is 2.24. The molecule has 2 fully saturated rings. The lowest BCUT2D eigenvalue weighted by atomic mass is 9.96. The maximum absolute atomic E-state index is 12.9. The minimum atomic E-state index is -0.0836. The largest absolute Gasteiger partial charge is 0.354 e. The van der Waals surface area contributed by atoms with E-state index in [1.807, 2.05) is 41.4 Å². The fourth-order valence-electron chi connectivity index (χ4n) is 5.15. The number of hydrogen-bond donors (Lipinski definition) is 0. The van der Waals surface area contributed by atoms with Gasteiger partial charge in [-0.2, -0.15) is 0 Å². The van der Waals surface area contributed by atoms with Crippen molar-refractivity contribution < 1.29 is 4.79 Å². The number of likely N-dealkylation sites (tertiary alicyclic amines) is 1. The molecule has 8 nitrogen and oxygen atoms in total. The highest BCUT2D eigenvalue weighted by Gasteiger charge is 2.27. The molecule has 0 radical (unpaired) electrons. The van der Waals surface area contributed by atoms with Gasteiger partial charge in [0.15, 0.2) is 0 Å². The molecule has 2 aliphatic rings. The van der Waals surface area contributed by atoms with E-state index < -0.39 is 0 Å². The first-order valence-corrected chi connectivity index (χ1v) is 12.3. The normalized spacial score (nSPS) is 19.5. The first kappa shape index (κ1) is 22.5. The molecule has 0 saturated carbocycles. The number of amides is 1. The Balaban J connectivity index is 1.11. The number of hydrogen-bond acceptors (Lipinski definition) is 6. The molecule has 1 atom stereocenters. The van der Waals surface area contributed by atoms with Gasteiger partial charge in [0.05, 0.1) is 17.2 Å². The Labute approximate surface area is 199 Å². The molecule has 178 valence electrons. The second kappa shape index (κ2) is 10.3. The fourth-order valence-corrected chi connectivity index (χ4v) is 5.15. The van der Waals surface area contributed by atoms with Crippen molar-refractivity contribution >= 4 is 22.6 Å². The van der Waals surface area contributed by atoms with Gasteiger partial charge >= 0.3 is 0 Å². The molecule has 2 saturated heterocycles. The van der Waals surface area contributed by atoms with Gasteiger partial charge in [-0.3, -0.25) is 19.1 Å². The second-order valence-corrected chi connectivity index (χ2v) is 9.33. The molecule has 4 heterocycles. The van der Waals surface area contributed by atoms with E-state index in [-0.39, 0.29) is 11.5 Å². The van der Waals surface area contributed by atoms with Crippen molar-refractivity contribution in [2.45, 2.75) is 25.8 Å². The van der Waals surface area contributed by atoms with E-state index in [9.17, 15) is 9.59 Å². The summed E-state index contributed by atoms with van der Waals surface area (Å²) >= 11 is 0. The number of carbonyl (C=O) groups excluding carboxylic acids is 1. The van der Waals surface area contributed by atoms with E-state index in [2.05, 4.69) is 25.8 Å². The summed E-state index contributed by atoms with van der Waals surface area (Å²) < 4.78 is 1.56. The van der Waals surface area contributed by atoms with Crippen molar-refractivity contribution in [3.8, 4) is 0 Å². The van der Waals surface area contributed by atoms with Gasteiger partial charge < -0.3 is 9.80 Å². The Morgan fingerprint density at radius 2 is 1.79 bits per heavy atom. The molecule has 1 unspecified atom stereocenters. The van der Waals surface area contributed by atoms with E-state index in [1.165, 1.54) is 0 Å². The van der Waals surface area contributed by atoms with Gasteiger partial charge in [-0.25, -0.2) is 9.97 Å². The number of anilines is 1. The molecule has 3 aromatic rings. The lowest BCUT2D eigenvalue weighted by Crippen LogP contribution is -2.50. The number of carbonyl (C=O) groups is 1. The summed E-state index contributed by atoms with van der Waals surface area (Å²) in [5.41, 5.74) is 0.606. The highest BCUT2D eigenvalue weighted by molar-refractivity contribution is 5.77.